The molecule has 0 aromatic rings. The van der Waals surface area contributed by atoms with Gasteiger partial charge in [0.05, 0.1) is 18.3 Å². The molecule has 2 fully saturated rings. The van der Waals surface area contributed by atoms with Crippen LogP contribution in [0.2, 0.25) is 0 Å². The largest absolute Gasteiger partial charge is 0.376 e. The van der Waals surface area contributed by atoms with Gasteiger partial charge >= 0.3 is 0 Å². The molecule has 4 nitrogen and oxygen atoms in total. The van der Waals surface area contributed by atoms with Crippen LogP contribution in [0.15, 0.2) is 0 Å². The molecule has 0 spiro atoms. The average Bonchev–Trinajstić information content (AvgIpc) is 2.69. The van der Waals surface area contributed by atoms with E-state index in [0.29, 0.717) is 5.92 Å². The molecule has 2 rings (SSSR count). The van der Waals surface area contributed by atoms with E-state index in [-0.39, 0.29) is 24.2 Å². The summed E-state index contributed by atoms with van der Waals surface area (Å²) in [6.07, 6.45) is 6.94. The number of nitrogens with zero attached hydrogens (tertiary/aromatic N) is 1. The maximum atomic E-state index is 12.6. The molecule has 3 unspecified atom stereocenters. The first-order chi connectivity index (χ1) is 9.61. The van der Waals surface area contributed by atoms with E-state index in [1.54, 1.807) is 0 Å². The molecule has 0 aromatic heterocycles. The highest BCUT2D eigenvalue weighted by molar-refractivity contribution is 5.84. The van der Waals surface area contributed by atoms with Crippen LogP contribution in [0, 0.1) is 5.92 Å². The molecule has 0 bridgehead atoms. The summed E-state index contributed by atoms with van der Waals surface area (Å²) in [5.41, 5.74) is 0. The first-order valence-electron chi connectivity index (χ1n) is 8.30. The van der Waals surface area contributed by atoms with Gasteiger partial charge in [0, 0.05) is 13.2 Å². The first kappa shape index (κ1) is 15.8. The summed E-state index contributed by atoms with van der Waals surface area (Å²) in [7, 11) is 0. The molecule has 2 aliphatic rings. The van der Waals surface area contributed by atoms with Gasteiger partial charge in [-0.05, 0) is 38.0 Å². The van der Waals surface area contributed by atoms with Crippen molar-refractivity contribution >= 4 is 5.91 Å². The van der Waals surface area contributed by atoms with Gasteiger partial charge in [-0.25, -0.2) is 0 Å². The van der Waals surface area contributed by atoms with Crippen molar-refractivity contribution in [1.82, 2.24) is 10.2 Å². The Morgan fingerprint density at radius 2 is 2.20 bits per heavy atom. The Bertz CT molecular complexity index is 314. The Labute approximate surface area is 123 Å². The highest BCUT2D eigenvalue weighted by atomic mass is 16.5. The van der Waals surface area contributed by atoms with Crippen LogP contribution in [0.3, 0.4) is 0 Å². The van der Waals surface area contributed by atoms with Gasteiger partial charge in [0.25, 0.3) is 0 Å². The average molecular weight is 282 g/mol. The van der Waals surface area contributed by atoms with Crippen molar-refractivity contribution in [2.75, 3.05) is 13.2 Å². The number of amides is 1. The van der Waals surface area contributed by atoms with E-state index in [2.05, 4.69) is 31.0 Å². The highest BCUT2D eigenvalue weighted by Gasteiger charge is 2.39. The van der Waals surface area contributed by atoms with Crippen LogP contribution in [0.5, 0.6) is 0 Å². The van der Waals surface area contributed by atoms with Gasteiger partial charge in [-0.2, -0.15) is 0 Å². The number of ether oxygens (including phenoxy) is 1. The molecular weight excluding hydrogens is 252 g/mol. The summed E-state index contributed by atoms with van der Waals surface area (Å²) in [5, 5.41) is 3.53. The fourth-order valence-electron chi connectivity index (χ4n) is 3.27. The zero-order chi connectivity index (χ0) is 14.5. The zero-order valence-electron chi connectivity index (χ0n) is 13.2. The Balaban J connectivity index is 1.98. The first-order valence-corrected chi connectivity index (χ1v) is 8.30. The summed E-state index contributed by atoms with van der Waals surface area (Å²) in [6.45, 7) is 8.19. The van der Waals surface area contributed by atoms with Crippen LogP contribution < -0.4 is 5.32 Å². The molecule has 0 aromatic carbocycles. The lowest BCUT2D eigenvalue weighted by Gasteiger charge is -2.31. The van der Waals surface area contributed by atoms with Crippen molar-refractivity contribution in [2.45, 2.75) is 77.6 Å². The molecule has 0 saturated carbocycles. The Kier molecular flexibility index (Phi) is 5.85. The van der Waals surface area contributed by atoms with Crippen LogP contribution in [0.1, 0.15) is 59.3 Å². The van der Waals surface area contributed by atoms with Crippen LogP contribution in [-0.2, 0) is 9.53 Å². The Morgan fingerprint density at radius 1 is 1.40 bits per heavy atom. The molecule has 1 N–H and O–H groups in total. The van der Waals surface area contributed by atoms with Gasteiger partial charge in [0.2, 0.25) is 5.91 Å². The number of carbonyl (C=O) groups excluding carboxylic acids is 1. The number of rotatable bonds is 6. The predicted molar refractivity (Wildman–Crippen MR) is 80.4 cm³/mol. The van der Waals surface area contributed by atoms with Crippen LogP contribution in [0.4, 0.5) is 0 Å². The van der Waals surface area contributed by atoms with Gasteiger partial charge in [0.1, 0.15) is 0 Å². The lowest BCUT2D eigenvalue weighted by molar-refractivity contribution is -0.133. The minimum absolute atomic E-state index is 0.0207. The predicted octanol–water partition coefficient (Wildman–Crippen LogP) is 2.53. The van der Waals surface area contributed by atoms with E-state index in [1.807, 2.05) is 0 Å². The maximum absolute atomic E-state index is 12.6. The molecule has 1 amide bonds. The third-order valence-electron chi connectivity index (χ3n) is 4.30. The van der Waals surface area contributed by atoms with Gasteiger partial charge in [-0.15, -0.1) is 0 Å². The zero-order valence-corrected chi connectivity index (χ0v) is 13.2. The summed E-state index contributed by atoms with van der Waals surface area (Å²) in [5.74, 6) is 0.877. The van der Waals surface area contributed by atoms with Crippen LogP contribution in [-0.4, -0.2) is 42.3 Å². The van der Waals surface area contributed by atoms with Gasteiger partial charge < -0.3 is 9.64 Å². The molecular formula is C16H30N2O2. The third-order valence-corrected chi connectivity index (χ3v) is 4.30. The molecule has 4 heteroatoms. The number of hydrogen-bond acceptors (Lipinski definition) is 3. The lowest BCUT2D eigenvalue weighted by atomic mass is 10.1. The molecule has 0 aliphatic carbocycles. The molecule has 2 aliphatic heterocycles. The molecule has 2 saturated heterocycles. The van der Waals surface area contributed by atoms with Gasteiger partial charge in [-0.3, -0.25) is 10.1 Å². The summed E-state index contributed by atoms with van der Waals surface area (Å²) in [4.78, 5) is 14.6. The lowest BCUT2D eigenvalue weighted by Crippen LogP contribution is -2.44. The molecule has 3 atom stereocenters. The second-order valence-electron chi connectivity index (χ2n) is 6.63. The molecule has 20 heavy (non-hydrogen) atoms. The normalized spacial score (nSPS) is 31.3. The fraction of sp³-hybridized carbons (Fsp3) is 0.938. The Morgan fingerprint density at radius 3 is 2.80 bits per heavy atom. The monoisotopic (exact) mass is 282 g/mol. The second kappa shape index (κ2) is 7.41. The standard InChI is InChI=1S/C16H30N2O2/c1-4-7-14-16(19)18(15(17-14)10-12(2)3)11-13-8-5-6-9-20-13/h12-15,17H,4-11H2,1-3H3. The van der Waals surface area contributed by atoms with Crippen molar-refractivity contribution in [3.63, 3.8) is 0 Å². The van der Waals surface area contributed by atoms with E-state index in [1.165, 1.54) is 6.42 Å². The topological polar surface area (TPSA) is 41.6 Å². The number of hydrogen-bond donors (Lipinski definition) is 1. The highest BCUT2D eigenvalue weighted by Crippen LogP contribution is 2.23. The summed E-state index contributed by atoms with van der Waals surface area (Å²) in [6, 6.07) is 0.0207. The van der Waals surface area contributed by atoms with Crippen LogP contribution >= 0.6 is 0 Å². The van der Waals surface area contributed by atoms with Crippen molar-refractivity contribution in [3.05, 3.63) is 0 Å². The molecule has 2 heterocycles. The molecule has 116 valence electrons. The van der Waals surface area contributed by atoms with Gasteiger partial charge in [0.15, 0.2) is 0 Å². The van der Waals surface area contributed by atoms with Crippen molar-refractivity contribution < 1.29 is 9.53 Å². The minimum atomic E-state index is 0.0207. The second-order valence-corrected chi connectivity index (χ2v) is 6.63. The third kappa shape index (κ3) is 3.95. The maximum Gasteiger partial charge on any atom is 0.241 e. The molecule has 0 radical (unpaired) electrons. The minimum Gasteiger partial charge on any atom is -0.376 e. The Hall–Kier alpha value is -0.610. The van der Waals surface area contributed by atoms with Gasteiger partial charge in [-0.1, -0.05) is 27.2 Å². The summed E-state index contributed by atoms with van der Waals surface area (Å²) < 4.78 is 5.82. The SMILES string of the molecule is CCCC1NC(CC(C)C)N(CC2CCCCO2)C1=O. The smallest absolute Gasteiger partial charge is 0.241 e. The van der Waals surface area contributed by atoms with Crippen molar-refractivity contribution in [1.29, 1.82) is 0 Å². The fourth-order valence-corrected chi connectivity index (χ4v) is 3.27. The van der Waals surface area contributed by atoms with E-state index >= 15 is 0 Å². The summed E-state index contributed by atoms with van der Waals surface area (Å²) >= 11 is 0. The van der Waals surface area contributed by atoms with E-state index in [0.717, 1.165) is 45.3 Å². The van der Waals surface area contributed by atoms with E-state index in [9.17, 15) is 4.79 Å². The van der Waals surface area contributed by atoms with Crippen molar-refractivity contribution in [3.8, 4) is 0 Å². The van der Waals surface area contributed by atoms with E-state index < -0.39 is 0 Å². The number of carbonyl (C=O) groups is 1. The number of nitrogens with one attached hydrogen (secondary N) is 1. The van der Waals surface area contributed by atoms with E-state index in [4.69, 9.17) is 4.74 Å². The quantitative estimate of drug-likeness (QED) is 0.814. The van der Waals surface area contributed by atoms with Crippen LogP contribution in [0.25, 0.3) is 0 Å². The van der Waals surface area contributed by atoms with Crippen molar-refractivity contribution in [2.24, 2.45) is 5.92 Å².